The molecule has 3 rings (SSSR count). The van der Waals surface area contributed by atoms with Crippen molar-refractivity contribution in [3.8, 4) is 11.5 Å². The van der Waals surface area contributed by atoms with Crippen molar-refractivity contribution in [3.63, 3.8) is 0 Å². The number of aromatic nitrogens is 2. The Morgan fingerprint density at radius 3 is 3.05 bits per heavy atom. The summed E-state index contributed by atoms with van der Waals surface area (Å²) < 4.78 is 13.3. The summed E-state index contributed by atoms with van der Waals surface area (Å²) >= 11 is 1.40. The van der Waals surface area contributed by atoms with Gasteiger partial charge in [0.15, 0.2) is 16.7 Å². The van der Waals surface area contributed by atoms with Crippen molar-refractivity contribution in [2.45, 2.75) is 11.3 Å². The standard InChI is InChI=1S/C15H17N3O3S/c1-18-7-6-16-15(18)22-10-14(19)17-8-11-9-20-12-4-2-3-5-13(12)21-11/h2-7,11H,8-10H2,1H3,(H,17,19). The number of nitrogens with zero attached hydrogens (tertiary/aromatic N) is 2. The number of imidazole rings is 1. The summed E-state index contributed by atoms with van der Waals surface area (Å²) in [5.74, 6) is 1.75. The molecule has 22 heavy (non-hydrogen) atoms. The molecule has 0 saturated heterocycles. The highest BCUT2D eigenvalue weighted by Crippen LogP contribution is 2.30. The van der Waals surface area contributed by atoms with Gasteiger partial charge in [-0.1, -0.05) is 23.9 Å². The van der Waals surface area contributed by atoms with E-state index < -0.39 is 0 Å². The fraction of sp³-hybridized carbons (Fsp3) is 0.333. The lowest BCUT2D eigenvalue weighted by Gasteiger charge is -2.26. The van der Waals surface area contributed by atoms with Crippen molar-refractivity contribution in [2.75, 3.05) is 18.9 Å². The molecule has 1 amide bonds. The summed E-state index contributed by atoms with van der Waals surface area (Å²) in [5.41, 5.74) is 0. The van der Waals surface area contributed by atoms with E-state index in [1.807, 2.05) is 42.1 Å². The highest BCUT2D eigenvalue weighted by molar-refractivity contribution is 7.99. The Morgan fingerprint density at radius 2 is 2.27 bits per heavy atom. The van der Waals surface area contributed by atoms with Crippen molar-refractivity contribution in [1.82, 2.24) is 14.9 Å². The summed E-state index contributed by atoms with van der Waals surface area (Å²) in [7, 11) is 1.90. The van der Waals surface area contributed by atoms with Gasteiger partial charge in [0.1, 0.15) is 12.7 Å². The minimum atomic E-state index is -0.169. The average Bonchev–Trinajstić information content (AvgIpc) is 2.96. The second kappa shape index (κ2) is 6.74. The van der Waals surface area contributed by atoms with E-state index in [0.717, 1.165) is 16.7 Å². The number of benzene rings is 1. The van der Waals surface area contributed by atoms with Gasteiger partial charge in [0.05, 0.1) is 12.3 Å². The molecule has 116 valence electrons. The molecule has 1 aliphatic rings. The van der Waals surface area contributed by atoms with Crippen molar-refractivity contribution < 1.29 is 14.3 Å². The van der Waals surface area contributed by atoms with Crippen LogP contribution in [0.4, 0.5) is 0 Å². The highest BCUT2D eigenvalue weighted by Gasteiger charge is 2.21. The molecule has 6 nitrogen and oxygen atoms in total. The molecule has 1 atom stereocenters. The third-order valence-electron chi connectivity index (χ3n) is 3.20. The minimum Gasteiger partial charge on any atom is -0.486 e. The largest absolute Gasteiger partial charge is 0.486 e. The van der Waals surface area contributed by atoms with Gasteiger partial charge in [-0.05, 0) is 12.1 Å². The first-order valence-electron chi connectivity index (χ1n) is 6.97. The van der Waals surface area contributed by atoms with Crippen LogP contribution >= 0.6 is 11.8 Å². The number of fused-ring (bicyclic) bond motifs is 1. The number of thioether (sulfide) groups is 1. The third-order valence-corrected chi connectivity index (χ3v) is 4.26. The van der Waals surface area contributed by atoms with E-state index in [-0.39, 0.29) is 12.0 Å². The van der Waals surface area contributed by atoms with E-state index >= 15 is 0 Å². The van der Waals surface area contributed by atoms with Crippen LogP contribution in [0.5, 0.6) is 11.5 Å². The first-order chi connectivity index (χ1) is 10.7. The summed E-state index contributed by atoms with van der Waals surface area (Å²) in [4.78, 5) is 16.0. The summed E-state index contributed by atoms with van der Waals surface area (Å²) in [6, 6.07) is 7.53. The fourth-order valence-electron chi connectivity index (χ4n) is 2.06. The number of nitrogens with one attached hydrogen (secondary N) is 1. The summed E-state index contributed by atoms with van der Waals surface area (Å²) in [6.45, 7) is 0.859. The van der Waals surface area contributed by atoms with Gasteiger partial charge in [-0.2, -0.15) is 0 Å². The maximum Gasteiger partial charge on any atom is 0.230 e. The molecular formula is C15H17N3O3S. The van der Waals surface area contributed by atoms with E-state index in [1.54, 1.807) is 6.20 Å². The second-order valence-electron chi connectivity index (χ2n) is 4.91. The first-order valence-corrected chi connectivity index (χ1v) is 7.96. The molecule has 0 saturated carbocycles. The number of hydrogen-bond donors (Lipinski definition) is 1. The number of hydrogen-bond acceptors (Lipinski definition) is 5. The Morgan fingerprint density at radius 1 is 1.45 bits per heavy atom. The topological polar surface area (TPSA) is 65.4 Å². The molecule has 2 aromatic rings. The fourth-order valence-corrected chi connectivity index (χ4v) is 2.83. The van der Waals surface area contributed by atoms with Crippen LogP contribution in [0.3, 0.4) is 0 Å². The van der Waals surface area contributed by atoms with E-state index in [4.69, 9.17) is 9.47 Å². The molecule has 2 heterocycles. The van der Waals surface area contributed by atoms with E-state index in [2.05, 4.69) is 10.3 Å². The van der Waals surface area contributed by atoms with Crippen LogP contribution in [0.25, 0.3) is 0 Å². The number of aryl methyl sites for hydroxylation is 1. The monoisotopic (exact) mass is 319 g/mol. The van der Waals surface area contributed by atoms with Gasteiger partial charge in [-0.25, -0.2) is 4.98 Å². The molecule has 0 aliphatic carbocycles. The zero-order valence-electron chi connectivity index (χ0n) is 12.2. The number of carbonyl (C=O) groups excluding carboxylic acids is 1. The van der Waals surface area contributed by atoms with Crippen LogP contribution in [0.2, 0.25) is 0 Å². The normalized spacial score (nSPS) is 16.3. The van der Waals surface area contributed by atoms with Crippen LogP contribution in [0.1, 0.15) is 0 Å². The zero-order valence-corrected chi connectivity index (χ0v) is 13.0. The predicted octanol–water partition coefficient (Wildman–Crippen LogP) is 1.47. The second-order valence-corrected chi connectivity index (χ2v) is 5.85. The molecule has 1 unspecified atom stereocenters. The van der Waals surface area contributed by atoms with Crippen molar-refractivity contribution in [2.24, 2.45) is 7.05 Å². The Kier molecular flexibility index (Phi) is 4.53. The van der Waals surface area contributed by atoms with Crippen molar-refractivity contribution in [1.29, 1.82) is 0 Å². The lowest BCUT2D eigenvalue weighted by atomic mass is 10.2. The van der Waals surface area contributed by atoms with Crippen molar-refractivity contribution in [3.05, 3.63) is 36.7 Å². The maximum absolute atomic E-state index is 11.9. The van der Waals surface area contributed by atoms with E-state index in [1.165, 1.54) is 11.8 Å². The van der Waals surface area contributed by atoms with E-state index in [9.17, 15) is 4.79 Å². The minimum absolute atomic E-state index is 0.0459. The maximum atomic E-state index is 11.9. The Balaban J connectivity index is 1.43. The molecular weight excluding hydrogens is 302 g/mol. The van der Waals surface area contributed by atoms with Gasteiger partial charge < -0.3 is 19.4 Å². The quantitative estimate of drug-likeness (QED) is 0.846. The molecule has 0 fully saturated rings. The smallest absolute Gasteiger partial charge is 0.230 e. The Labute approximate surface area is 132 Å². The summed E-state index contributed by atoms with van der Waals surface area (Å²) in [5, 5.41) is 3.68. The third kappa shape index (κ3) is 3.54. The van der Waals surface area contributed by atoms with Crippen LogP contribution < -0.4 is 14.8 Å². The van der Waals surface area contributed by atoms with Gasteiger partial charge in [0.2, 0.25) is 5.91 Å². The van der Waals surface area contributed by atoms with Gasteiger partial charge in [-0.15, -0.1) is 0 Å². The van der Waals surface area contributed by atoms with Crippen LogP contribution in [0, 0.1) is 0 Å². The molecule has 0 radical (unpaired) electrons. The lowest BCUT2D eigenvalue weighted by Crippen LogP contribution is -2.41. The Hall–Kier alpha value is -2.15. The van der Waals surface area contributed by atoms with Gasteiger partial charge in [-0.3, -0.25) is 4.79 Å². The van der Waals surface area contributed by atoms with Gasteiger partial charge in [0.25, 0.3) is 0 Å². The summed E-state index contributed by atoms with van der Waals surface area (Å²) in [6.07, 6.45) is 3.40. The SMILES string of the molecule is Cn1ccnc1SCC(=O)NCC1COc2ccccc2O1. The molecule has 7 heteroatoms. The molecule has 1 aromatic heterocycles. The van der Waals surface area contributed by atoms with E-state index in [0.29, 0.717) is 18.9 Å². The number of carbonyl (C=O) groups is 1. The zero-order chi connectivity index (χ0) is 15.4. The average molecular weight is 319 g/mol. The van der Waals surface area contributed by atoms with Crippen LogP contribution in [-0.4, -0.2) is 40.5 Å². The highest BCUT2D eigenvalue weighted by atomic mass is 32.2. The lowest BCUT2D eigenvalue weighted by molar-refractivity contribution is -0.119. The Bertz CT molecular complexity index is 659. The number of rotatable bonds is 5. The van der Waals surface area contributed by atoms with Gasteiger partial charge in [0, 0.05) is 19.4 Å². The molecule has 1 aromatic carbocycles. The molecule has 0 spiro atoms. The predicted molar refractivity (Wildman–Crippen MR) is 83.3 cm³/mol. The molecule has 1 aliphatic heterocycles. The van der Waals surface area contributed by atoms with Crippen LogP contribution in [0.15, 0.2) is 41.8 Å². The van der Waals surface area contributed by atoms with Gasteiger partial charge >= 0.3 is 0 Å². The molecule has 1 N–H and O–H groups in total. The molecule has 0 bridgehead atoms. The number of para-hydroxylation sites is 2. The first kappa shape index (κ1) is 14.8. The van der Waals surface area contributed by atoms with Crippen molar-refractivity contribution >= 4 is 17.7 Å². The van der Waals surface area contributed by atoms with Crippen LogP contribution in [-0.2, 0) is 11.8 Å². The number of amides is 1. The number of ether oxygens (including phenoxy) is 2.